The van der Waals surface area contributed by atoms with Crippen molar-refractivity contribution in [3.8, 4) is 11.5 Å². The van der Waals surface area contributed by atoms with Crippen LogP contribution in [-0.2, 0) is 0 Å². The lowest BCUT2D eigenvalue weighted by molar-refractivity contribution is -0.225. The normalized spacial score (nSPS) is 26.3. The molecule has 33 heavy (non-hydrogen) atoms. The summed E-state index contributed by atoms with van der Waals surface area (Å²) in [5.41, 5.74) is 0.0985. The van der Waals surface area contributed by atoms with Gasteiger partial charge in [-0.05, 0) is 81.8 Å². The van der Waals surface area contributed by atoms with Crippen LogP contribution in [0.3, 0.4) is 0 Å². The third-order valence-corrected chi connectivity index (χ3v) is 7.87. The van der Waals surface area contributed by atoms with Crippen LogP contribution < -0.4 is 9.47 Å². The molecule has 0 N–H and O–H groups in total. The number of hydrogen-bond donors (Lipinski definition) is 0. The van der Waals surface area contributed by atoms with Crippen molar-refractivity contribution in [3.63, 3.8) is 0 Å². The maximum absolute atomic E-state index is 15.0. The summed E-state index contributed by atoms with van der Waals surface area (Å²) in [6, 6.07) is 1.21. The van der Waals surface area contributed by atoms with Crippen molar-refractivity contribution >= 4 is 0 Å². The zero-order chi connectivity index (χ0) is 24.0. The fourth-order valence-electron chi connectivity index (χ4n) is 5.87. The zero-order valence-electron chi connectivity index (χ0n) is 20.4. The molecule has 0 spiro atoms. The van der Waals surface area contributed by atoms with Crippen LogP contribution in [0.5, 0.6) is 11.5 Å². The van der Waals surface area contributed by atoms with E-state index >= 15 is 0 Å². The van der Waals surface area contributed by atoms with E-state index in [0.29, 0.717) is 24.7 Å². The number of aryl methyl sites for hydroxylation is 1. The highest BCUT2D eigenvalue weighted by molar-refractivity contribution is 5.42. The molecule has 1 aromatic rings. The van der Waals surface area contributed by atoms with Crippen molar-refractivity contribution in [1.82, 2.24) is 0 Å². The van der Waals surface area contributed by atoms with E-state index in [4.69, 9.17) is 9.47 Å². The topological polar surface area (TPSA) is 18.5 Å². The van der Waals surface area contributed by atoms with E-state index in [-0.39, 0.29) is 17.9 Å². The molecular weight excluding hydrogens is 432 g/mol. The Kier molecular flexibility index (Phi) is 9.34. The summed E-state index contributed by atoms with van der Waals surface area (Å²) in [4.78, 5) is 0. The van der Waals surface area contributed by atoms with Crippen molar-refractivity contribution in [2.75, 3.05) is 6.61 Å². The van der Waals surface area contributed by atoms with Gasteiger partial charge in [-0.2, -0.15) is 17.6 Å². The highest BCUT2D eigenvalue weighted by Crippen LogP contribution is 2.46. The van der Waals surface area contributed by atoms with Crippen LogP contribution in [0.1, 0.15) is 96.5 Å². The monoisotopic (exact) mass is 472 g/mol. The predicted molar refractivity (Wildman–Crippen MR) is 123 cm³/mol. The van der Waals surface area contributed by atoms with Gasteiger partial charge in [0.1, 0.15) is 0 Å². The van der Waals surface area contributed by atoms with Crippen LogP contribution in [0, 0.1) is 42.2 Å². The van der Waals surface area contributed by atoms with Gasteiger partial charge in [0.2, 0.25) is 11.6 Å². The average molecular weight is 473 g/mol. The quantitative estimate of drug-likeness (QED) is 0.250. The van der Waals surface area contributed by atoms with Crippen LogP contribution in [-0.4, -0.2) is 12.7 Å². The number of halogens is 4. The number of alkyl halides is 2. The lowest BCUT2D eigenvalue weighted by Crippen LogP contribution is -2.38. The van der Waals surface area contributed by atoms with E-state index in [1.54, 1.807) is 6.92 Å². The Morgan fingerprint density at radius 3 is 2.06 bits per heavy atom. The molecule has 188 valence electrons. The number of benzene rings is 1. The van der Waals surface area contributed by atoms with Crippen molar-refractivity contribution in [2.45, 2.75) is 104 Å². The predicted octanol–water partition coefficient (Wildman–Crippen LogP) is 8.84. The van der Waals surface area contributed by atoms with Gasteiger partial charge in [-0.3, -0.25) is 0 Å². The summed E-state index contributed by atoms with van der Waals surface area (Å²) >= 11 is 0. The first kappa shape index (κ1) is 26.2. The summed E-state index contributed by atoms with van der Waals surface area (Å²) in [5.74, 6) is -2.71. The number of ether oxygens (including phenoxy) is 2. The largest absolute Gasteiger partial charge is 0.491 e. The standard InChI is InChI=1S/C27H40F4O2/c1-4-6-7-8-19-9-11-20(12-10-19)21-13-15-22(16-14-21)27(30,31)33-26-18(3)17-23(32-5-2)24(28)25(26)29/h17,19-22H,4-16H2,1-3H3. The summed E-state index contributed by atoms with van der Waals surface area (Å²) in [5, 5.41) is 0. The number of rotatable bonds is 10. The minimum atomic E-state index is -3.53. The average Bonchev–Trinajstić information content (AvgIpc) is 2.81. The Labute approximate surface area is 196 Å². The Morgan fingerprint density at radius 1 is 0.879 bits per heavy atom. The maximum Gasteiger partial charge on any atom is 0.400 e. The van der Waals surface area contributed by atoms with Gasteiger partial charge in [-0.25, -0.2) is 0 Å². The van der Waals surface area contributed by atoms with Gasteiger partial charge in [-0.15, -0.1) is 0 Å². The van der Waals surface area contributed by atoms with E-state index in [2.05, 4.69) is 6.92 Å². The Balaban J connectivity index is 1.53. The van der Waals surface area contributed by atoms with Crippen LogP contribution >= 0.6 is 0 Å². The van der Waals surface area contributed by atoms with Crippen molar-refractivity contribution in [1.29, 1.82) is 0 Å². The highest BCUT2D eigenvalue weighted by atomic mass is 19.3. The molecule has 2 saturated carbocycles. The van der Waals surface area contributed by atoms with Gasteiger partial charge in [0.05, 0.1) is 12.5 Å². The molecule has 0 atom stereocenters. The second kappa shape index (κ2) is 11.8. The minimum Gasteiger partial charge on any atom is -0.491 e. The summed E-state index contributed by atoms with van der Waals surface area (Å²) in [7, 11) is 0. The summed E-state index contributed by atoms with van der Waals surface area (Å²) in [6.45, 7) is 5.44. The Bertz CT molecular complexity index is 751. The van der Waals surface area contributed by atoms with Crippen LogP contribution in [0.25, 0.3) is 0 Å². The molecule has 0 radical (unpaired) electrons. The fourth-order valence-corrected chi connectivity index (χ4v) is 5.87. The molecule has 0 heterocycles. The molecule has 0 aliphatic heterocycles. The SMILES string of the molecule is CCCCCC1CCC(C2CCC(C(F)(F)Oc3c(C)cc(OCC)c(F)c3F)CC2)CC1. The van der Waals surface area contributed by atoms with E-state index in [9.17, 15) is 17.6 Å². The fraction of sp³-hybridized carbons (Fsp3) is 0.778. The summed E-state index contributed by atoms with van der Waals surface area (Å²) in [6.07, 6.45) is 8.90. The lowest BCUT2D eigenvalue weighted by Gasteiger charge is -2.39. The molecule has 2 nitrogen and oxygen atoms in total. The van der Waals surface area contributed by atoms with Crippen molar-refractivity contribution in [2.24, 2.45) is 23.7 Å². The smallest absolute Gasteiger partial charge is 0.400 e. The zero-order valence-corrected chi connectivity index (χ0v) is 20.4. The van der Waals surface area contributed by atoms with Crippen LogP contribution in [0.15, 0.2) is 6.07 Å². The first-order chi connectivity index (χ1) is 15.8. The minimum absolute atomic E-state index is 0.0985. The van der Waals surface area contributed by atoms with Gasteiger partial charge in [0.15, 0.2) is 11.5 Å². The van der Waals surface area contributed by atoms with Gasteiger partial charge in [0.25, 0.3) is 0 Å². The number of hydrogen-bond acceptors (Lipinski definition) is 2. The van der Waals surface area contributed by atoms with E-state index in [0.717, 1.165) is 18.8 Å². The third-order valence-electron chi connectivity index (χ3n) is 7.87. The molecular formula is C27H40F4O2. The second-order valence-electron chi connectivity index (χ2n) is 10.1. The third kappa shape index (κ3) is 6.57. The molecule has 2 fully saturated rings. The molecule has 3 rings (SSSR count). The lowest BCUT2D eigenvalue weighted by atomic mass is 9.68. The molecule has 2 aliphatic rings. The Hall–Kier alpha value is -1.46. The van der Waals surface area contributed by atoms with Crippen molar-refractivity contribution in [3.05, 3.63) is 23.3 Å². The molecule has 0 unspecified atom stereocenters. The van der Waals surface area contributed by atoms with Gasteiger partial charge < -0.3 is 9.47 Å². The first-order valence-electron chi connectivity index (χ1n) is 12.9. The second-order valence-corrected chi connectivity index (χ2v) is 10.1. The van der Waals surface area contributed by atoms with Crippen LogP contribution in [0.4, 0.5) is 17.6 Å². The molecule has 2 aliphatic carbocycles. The summed E-state index contributed by atoms with van der Waals surface area (Å²) < 4.78 is 68.5. The molecule has 0 amide bonds. The van der Waals surface area contributed by atoms with Crippen molar-refractivity contribution < 1.29 is 27.0 Å². The molecule has 0 saturated heterocycles. The van der Waals surface area contributed by atoms with Crippen LogP contribution in [0.2, 0.25) is 0 Å². The molecule has 1 aromatic carbocycles. The molecule has 6 heteroatoms. The highest BCUT2D eigenvalue weighted by Gasteiger charge is 2.46. The van der Waals surface area contributed by atoms with Gasteiger partial charge in [-0.1, -0.05) is 45.4 Å². The maximum atomic E-state index is 15.0. The van der Waals surface area contributed by atoms with E-state index in [1.807, 2.05) is 0 Å². The first-order valence-corrected chi connectivity index (χ1v) is 12.9. The Morgan fingerprint density at radius 2 is 1.48 bits per heavy atom. The molecule has 0 aromatic heterocycles. The van der Waals surface area contributed by atoms with E-state index < -0.39 is 29.4 Å². The van der Waals surface area contributed by atoms with Gasteiger partial charge >= 0.3 is 6.11 Å². The molecule has 0 bridgehead atoms. The van der Waals surface area contributed by atoms with E-state index in [1.165, 1.54) is 64.4 Å². The number of unbranched alkanes of at least 4 members (excludes halogenated alkanes) is 2. The van der Waals surface area contributed by atoms with Gasteiger partial charge in [0, 0.05) is 0 Å².